The molecule has 0 aliphatic heterocycles. The fourth-order valence-corrected chi connectivity index (χ4v) is 2.66. The molecular formula is C23H21N5O2. The first-order valence-corrected chi connectivity index (χ1v) is 9.19. The van der Waals surface area contributed by atoms with E-state index in [-0.39, 0.29) is 23.8 Å². The lowest BCUT2D eigenvalue weighted by Gasteiger charge is -2.11. The third-order valence-electron chi connectivity index (χ3n) is 4.03. The van der Waals surface area contributed by atoms with E-state index in [0.29, 0.717) is 5.69 Å². The van der Waals surface area contributed by atoms with Gasteiger partial charge < -0.3 is 16.0 Å². The summed E-state index contributed by atoms with van der Waals surface area (Å²) < 4.78 is 0. The van der Waals surface area contributed by atoms with Crippen LogP contribution in [0.2, 0.25) is 0 Å². The number of nitrogens with two attached hydrogens (primary N) is 1. The van der Waals surface area contributed by atoms with Gasteiger partial charge in [0.2, 0.25) is 11.8 Å². The van der Waals surface area contributed by atoms with Crippen LogP contribution in [0.5, 0.6) is 0 Å². The first-order chi connectivity index (χ1) is 14.4. The lowest BCUT2D eigenvalue weighted by molar-refractivity contribution is -0.116. The number of hydrogen-bond acceptors (Lipinski definition) is 5. The molecule has 0 saturated carbocycles. The Bertz CT molecular complexity index is 1110. The molecule has 0 aliphatic rings. The Morgan fingerprint density at radius 1 is 1.07 bits per heavy atom. The summed E-state index contributed by atoms with van der Waals surface area (Å²) in [5, 5.41) is 2.70. The number of primary amides is 1. The average molecular weight is 399 g/mol. The molecule has 0 spiro atoms. The predicted octanol–water partition coefficient (Wildman–Crippen LogP) is 2.14. The Hall–Kier alpha value is -4.02. The van der Waals surface area contributed by atoms with Crippen molar-refractivity contribution in [3.63, 3.8) is 0 Å². The zero-order valence-corrected chi connectivity index (χ0v) is 16.7. The number of benzene rings is 1. The van der Waals surface area contributed by atoms with E-state index < -0.39 is 5.91 Å². The smallest absolute Gasteiger partial charge is 0.248 e. The van der Waals surface area contributed by atoms with E-state index in [1.54, 1.807) is 37.5 Å². The van der Waals surface area contributed by atoms with Crippen molar-refractivity contribution in [2.75, 3.05) is 26.0 Å². The summed E-state index contributed by atoms with van der Waals surface area (Å²) in [6, 6.07) is 14.2. The molecule has 0 radical (unpaired) electrons. The van der Waals surface area contributed by atoms with Crippen LogP contribution >= 0.6 is 0 Å². The van der Waals surface area contributed by atoms with Crippen molar-refractivity contribution in [3.05, 3.63) is 77.6 Å². The minimum atomic E-state index is -0.597. The van der Waals surface area contributed by atoms with Crippen molar-refractivity contribution in [2.45, 2.75) is 0 Å². The summed E-state index contributed by atoms with van der Waals surface area (Å²) in [7, 11) is 3.58. The number of hydrogen-bond donors (Lipinski definition) is 2. The highest BCUT2D eigenvalue weighted by Crippen LogP contribution is 2.22. The van der Waals surface area contributed by atoms with Gasteiger partial charge in [-0.25, -0.2) is 4.98 Å². The van der Waals surface area contributed by atoms with E-state index in [1.807, 2.05) is 36.4 Å². The molecule has 2 amide bonds. The minimum absolute atomic E-state index is 0.197. The van der Waals surface area contributed by atoms with Crippen LogP contribution in [0.4, 0.5) is 5.82 Å². The molecule has 150 valence electrons. The molecule has 3 aromatic rings. The van der Waals surface area contributed by atoms with Crippen molar-refractivity contribution in [1.82, 2.24) is 14.9 Å². The summed E-state index contributed by atoms with van der Waals surface area (Å²) in [6.07, 6.45) is 3.40. The quantitative estimate of drug-likeness (QED) is 0.640. The van der Waals surface area contributed by atoms with E-state index >= 15 is 0 Å². The zero-order valence-electron chi connectivity index (χ0n) is 16.7. The van der Waals surface area contributed by atoms with Gasteiger partial charge >= 0.3 is 0 Å². The molecule has 0 atom stereocenters. The van der Waals surface area contributed by atoms with E-state index in [2.05, 4.69) is 27.1 Å². The number of carbonyl (C=O) groups is 2. The normalized spacial score (nSPS) is 10.2. The Morgan fingerprint density at radius 2 is 1.80 bits per heavy atom. The van der Waals surface area contributed by atoms with Crippen LogP contribution in [0, 0.1) is 11.8 Å². The lowest BCUT2D eigenvalue weighted by atomic mass is 10.1. The first-order valence-electron chi connectivity index (χ1n) is 9.19. The van der Waals surface area contributed by atoms with Gasteiger partial charge in [0.05, 0.1) is 12.2 Å². The molecule has 0 saturated heterocycles. The number of rotatable bonds is 5. The maximum Gasteiger partial charge on any atom is 0.248 e. The number of aromatic nitrogens is 2. The monoisotopic (exact) mass is 399 g/mol. The standard InChI is InChI=1S/C23H21N5O2/c1-28(2)15-22(29)27-21-13-19(23(24)30)12-20(26-21)18-9-7-16(8-10-18)5-6-17-4-3-11-25-14-17/h3-4,7-14H,15H2,1-2H3,(H2,24,30)(H,26,27,29). The van der Waals surface area contributed by atoms with E-state index in [9.17, 15) is 9.59 Å². The minimum Gasteiger partial charge on any atom is -0.366 e. The Balaban J connectivity index is 1.86. The Labute approximate surface area is 175 Å². The second kappa shape index (κ2) is 9.45. The third kappa shape index (κ3) is 5.74. The van der Waals surface area contributed by atoms with Gasteiger partial charge in [-0.05, 0) is 50.5 Å². The number of carbonyl (C=O) groups excluding carboxylic acids is 2. The molecule has 3 N–H and O–H groups in total. The summed E-state index contributed by atoms with van der Waals surface area (Å²) in [6.45, 7) is 0.197. The molecule has 7 heteroatoms. The molecule has 2 aromatic heterocycles. The molecule has 2 heterocycles. The Morgan fingerprint density at radius 3 is 2.43 bits per heavy atom. The molecule has 3 rings (SSSR count). The van der Waals surface area contributed by atoms with Crippen LogP contribution in [0.25, 0.3) is 11.3 Å². The van der Waals surface area contributed by atoms with Crippen LogP contribution in [-0.4, -0.2) is 47.3 Å². The van der Waals surface area contributed by atoms with Gasteiger partial charge in [-0.15, -0.1) is 0 Å². The second-order valence-corrected chi connectivity index (χ2v) is 6.85. The van der Waals surface area contributed by atoms with Crippen LogP contribution in [0.1, 0.15) is 21.5 Å². The molecule has 0 fully saturated rings. The molecular weight excluding hydrogens is 378 g/mol. The van der Waals surface area contributed by atoms with Crippen LogP contribution in [0.3, 0.4) is 0 Å². The summed E-state index contributed by atoms with van der Waals surface area (Å²) >= 11 is 0. The van der Waals surface area contributed by atoms with Gasteiger partial charge in [0.1, 0.15) is 5.82 Å². The number of anilines is 1. The van der Waals surface area contributed by atoms with E-state index in [0.717, 1.165) is 16.7 Å². The highest BCUT2D eigenvalue weighted by Gasteiger charge is 2.11. The summed E-state index contributed by atoms with van der Waals surface area (Å²) in [5.74, 6) is 5.57. The number of nitrogens with one attached hydrogen (secondary N) is 1. The molecule has 7 nitrogen and oxygen atoms in total. The third-order valence-corrected chi connectivity index (χ3v) is 4.03. The maximum atomic E-state index is 12.1. The van der Waals surface area contributed by atoms with Crippen molar-refractivity contribution < 1.29 is 9.59 Å². The first kappa shape index (κ1) is 20.7. The molecule has 0 bridgehead atoms. The fraction of sp³-hybridized carbons (Fsp3) is 0.130. The average Bonchev–Trinajstić information content (AvgIpc) is 2.72. The zero-order chi connectivity index (χ0) is 21.5. The van der Waals surface area contributed by atoms with Gasteiger partial charge in [-0.1, -0.05) is 24.0 Å². The number of pyridine rings is 2. The van der Waals surface area contributed by atoms with Gasteiger partial charge in [0.25, 0.3) is 0 Å². The van der Waals surface area contributed by atoms with Crippen molar-refractivity contribution in [1.29, 1.82) is 0 Å². The molecule has 1 aromatic carbocycles. The highest BCUT2D eigenvalue weighted by molar-refractivity contribution is 5.97. The predicted molar refractivity (Wildman–Crippen MR) is 116 cm³/mol. The van der Waals surface area contributed by atoms with Crippen LogP contribution < -0.4 is 11.1 Å². The van der Waals surface area contributed by atoms with Crippen molar-refractivity contribution in [3.8, 4) is 23.1 Å². The summed E-state index contributed by atoms with van der Waals surface area (Å²) in [5.41, 5.74) is 8.67. The van der Waals surface area contributed by atoms with E-state index in [4.69, 9.17) is 5.73 Å². The molecule has 30 heavy (non-hydrogen) atoms. The number of amides is 2. The largest absolute Gasteiger partial charge is 0.366 e. The van der Waals surface area contributed by atoms with Gasteiger partial charge in [0, 0.05) is 34.6 Å². The van der Waals surface area contributed by atoms with Crippen LogP contribution in [-0.2, 0) is 4.79 Å². The van der Waals surface area contributed by atoms with Gasteiger partial charge in [-0.3, -0.25) is 14.6 Å². The lowest BCUT2D eigenvalue weighted by Crippen LogP contribution is -2.27. The van der Waals surface area contributed by atoms with Crippen LogP contribution in [0.15, 0.2) is 60.9 Å². The van der Waals surface area contributed by atoms with E-state index in [1.165, 1.54) is 6.07 Å². The second-order valence-electron chi connectivity index (χ2n) is 6.85. The van der Waals surface area contributed by atoms with Gasteiger partial charge in [0.15, 0.2) is 0 Å². The Kier molecular flexibility index (Phi) is 6.53. The number of likely N-dealkylation sites (N-methyl/N-ethyl adjacent to an activating group) is 1. The topological polar surface area (TPSA) is 101 Å². The number of nitrogens with zero attached hydrogens (tertiary/aromatic N) is 3. The van der Waals surface area contributed by atoms with Crippen molar-refractivity contribution in [2.24, 2.45) is 5.73 Å². The molecule has 0 unspecified atom stereocenters. The van der Waals surface area contributed by atoms with Crippen molar-refractivity contribution >= 4 is 17.6 Å². The maximum absolute atomic E-state index is 12.1. The molecule has 0 aliphatic carbocycles. The highest BCUT2D eigenvalue weighted by atomic mass is 16.2. The van der Waals surface area contributed by atoms with Gasteiger partial charge in [-0.2, -0.15) is 0 Å². The fourth-order valence-electron chi connectivity index (χ4n) is 2.66. The summed E-state index contributed by atoms with van der Waals surface area (Å²) in [4.78, 5) is 34.0. The SMILES string of the molecule is CN(C)CC(=O)Nc1cc(C(N)=O)cc(-c2ccc(C#Cc3cccnc3)cc2)n1.